The van der Waals surface area contributed by atoms with Crippen LogP contribution in [0.5, 0.6) is 0 Å². The number of esters is 1. The van der Waals surface area contributed by atoms with Gasteiger partial charge >= 0.3 is 5.97 Å². The van der Waals surface area contributed by atoms with Gasteiger partial charge in [0.1, 0.15) is 18.0 Å². The maximum absolute atomic E-state index is 13.1. The van der Waals surface area contributed by atoms with Crippen LogP contribution in [0.15, 0.2) is 24.3 Å². The van der Waals surface area contributed by atoms with Crippen molar-refractivity contribution in [2.24, 2.45) is 11.7 Å². The molecule has 25 heavy (non-hydrogen) atoms. The summed E-state index contributed by atoms with van der Waals surface area (Å²) in [7, 11) is 0. The minimum atomic E-state index is -0.566. The van der Waals surface area contributed by atoms with Crippen molar-refractivity contribution in [3.05, 3.63) is 35.6 Å². The molecule has 0 bridgehead atoms. The number of hydrogen-bond donors (Lipinski definition) is 1. The maximum atomic E-state index is 13.1. The van der Waals surface area contributed by atoms with Gasteiger partial charge in [0.2, 0.25) is 0 Å². The lowest BCUT2D eigenvalue weighted by Gasteiger charge is -2.31. The second-order valence-corrected chi connectivity index (χ2v) is 6.58. The number of cyclic esters (lactones) is 1. The normalized spacial score (nSPS) is 27.4. The van der Waals surface area contributed by atoms with Crippen LogP contribution < -0.4 is 5.73 Å². The molecule has 1 aliphatic rings. The van der Waals surface area contributed by atoms with Crippen molar-refractivity contribution in [1.82, 2.24) is 0 Å². The Hall–Kier alpha value is -1.17. The maximum Gasteiger partial charge on any atom is 0.323 e. The van der Waals surface area contributed by atoms with Crippen molar-refractivity contribution in [3.8, 4) is 0 Å². The van der Waals surface area contributed by atoms with E-state index in [1.54, 1.807) is 12.1 Å². The molecule has 4 nitrogen and oxygen atoms in total. The molecule has 142 valence electrons. The molecule has 1 saturated heterocycles. The Labute approximate surface area is 155 Å². The van der Waals surface area contributed by atoms with Gasteiger partial charge in [0.15, 0.2) is 0 Å². The van der Waals surface area contributed by atoms with Gasteiger partial charge in [0.05, 0.1) is 6.10 Å². The number of halogens is 2. The minimum absolute atomic E-state index is 0. The lowest BCUT2D eigenvalue weighted by molar-refractivity contribution is -0.154. The zero-order valence-electron chi connectivity index (χ0n) is 14.9. The van der Waals surface area contributed by atoms with E-state index in [-0.39, 0.29) is 42.3 Å². The minimum Gasteiger partial charge on any atom is -0.461 e. The van der Waals surface area contributed by atoms with Crippen molar-refractivity contribution < 1.29 is 18.7 Å². The van der Waals surface area contributed by atoms with Gasteiger partial charge in [0.25, 0.3) is 0 Å². The molecule has 0 radical (unpaired) electrons. The first-order valence-electron chi connectivity index (χ1n) is 8.83. The van der Waals surface area contributed by atoms with E-state index >= 15 is 0 Å². The number of nitrogens with two attached hydrogens (primary N) is 1. The third kappa shape index (κ3) is 6.57. The number of ether oxygens (including phenoxy) is 2. The summed E-state index contributed by atoms with van der Waals surface area (Å²) in [6.45, 7) is 4.65. The topological polar surface area (TPSA) is 61.5 Å². The zero-order chi connectivity index (χ0) is 17.5. The number of benzene rings is 1. The Balaban J connectivity index is 0.00000312. The first-order chi connectivity index (χ1) is 11.5. The van der Waals surface area contributed by atoms with E-state index in [0.29, 0.717) is 19.4 Å². The van der Waals surface area contributed by atoms with Crippen LogP contribution >= 0.6 is 12.4 Å². The van der Waals surface area contributed by atoms with E-state index in [9.17, 15) is 9.18 Å². The van der Waals surface area contributed by atoms with E-state index in [0.717, 1.165) is 24.8 Å². The fourth-order valence-electron chi connectivity index (χ4n) is 3.20. The molecule has 1 aromatic carbocycles. The Morgan fingerprint density at radius 2 is 1.96 bits per heavy atom. The highest BCUT2D eigenvalue weighted by molar-refractivity contribution is 5.85. The van der Waals surface area contributed by atoms with Crippen molar-refractivity contribution in [2.75, 3.05) is 6.61 Å². The van der Waals surface area contributed by atoms with Gasteiger partial charge < -0.3 is 15.2 Å². The van der Waals surface area contributed by atoms with Gasteiger partial charge in [-0.1, -0.05) is 19.1 Å². The van der Waals surface area contributed by atoms with E-state index < -0.39 is 6.04 Å². The molecule has 4 atom stereocenters. The van der Waals surface area contributed by atoms with Crippen LogP contribution in [-0.4, -0.2) is 30.8 Å². The molecule has 1 heterocycles. The molecule has 0 aliphatic carbocycles. The highest BCUT2D eigenvalue weighted by Gasteiger charge is 2.33. The van der Waals surface area contributed by atoms with E-state index in [4.69, 9.17) is 15.2 Å². The summed E-state index contributed by atoms with van der Waals surface area (Å²) in [5.74, 6) is -0.573. The third-order valence-corrected chi connectivity index (χ3v) is 4.61. The summed E-state index contributed by atoms with van der Waals surface area (Å²) in [5.41, 5.74) is 6.89. The van der Waals surface area contributed by atoms with Crippen LogP contribution in [-0.2, 0) is 20.7 Å². The Morgan fingerprint density at radius 3 is 2.60 bits per heavy atom. The summed E-state index contributed by atoms with van der Waals surface area (Å²) >= 11 is 0. The summed E-state index contributed by atoms with van der Waals surface area (Å²) < 4.78 is 24.8. The van der Waals surface area contributed by atoms with E-state index in [1.807, 2.05) is 6.92 Å². The smallest absolute Gasteiger partial charge is 0.323 e. The quantitative estimate of drug-likeness (QED) is 0.800. The SMILES string of the molecule is CCCO[C@H]1CCC[C@H](N)C(=O)O[C@@H](C)[C@@H]1Cc1ccc(F)cc1.Cl. The van der Waals surface area contributed by atoms with Crippen LogP contribution in [0.4, 0.5) is 4.39 Å². The van der Waals surface area contributed by atoms with Crippen LogP contribution in [0.1, 0.15) is 45.1 Å². The van der Waals surface area contributed by atoms with Crippen molar-refractivity contribution >= 4 is 18.4 Å². The lowest BCUT2D eigenvalue weighted by atomic mass is 9.87. The predicted octanol–water partition coefficient (Wildman–Crippen LogP) is 3.64. The molecular weight excluding hydrogens is 345 g/mol. The van der Waals surface area contributed by atoms with Crippen molar-refractivity contribution in [2.45, 2.75) is 64.2 Å². The Morgan fingerprint density at radius 1 is 1.28 bits per heavy atom. The zero-order valence-corrected chi connectivity index (χ0v) is 15.8. The average Bonchev–Trinajstić information content (AvgIpc) is 2.60. The first kappa shape index (κ1) is 21.9. The molecule has 0 spiro atoms. The van der Waals surface area contributed by atoms with Gasteiger partial charge in [-0.05, 0) is 56.7 Å². The number of carbonyl (C=O) groups excluding carboxylic acids is 1. The van der Waals surface area contributed by atoms with E-state index in [1.165, 1.54) is 12.1 Å². The van der Waals surface area contributed by atoms with Crippen LogP contribution in [0.2, 0.25) is 0 Å². The first-order valence-corrected chi connectivity index (χ1v) is 8.83. The number of carbonyl (C=O) groups is 1. The van der Waals surface area contributed by atoms with Crippen molar-refractivity contribution in [1.29, 1.82) is 0 Å². The fraction of sp³-hybridized carbons (Fsp3) is 0.632. The average molecular weight is 374 g/mol. The molecule has 2 rings (SSSR count). The van der Waals surface area contributed by atoms with Crippen LogP contribution in [0.3, 0.4) is 0 Å². The summed E-state index contributed by atoms with van der Waals surface area (Å²) in [4.78, 5) is 12.1. The highest BCUT2D eigenvalue weighted by atomic mass is 35.5. The second-order valence-electron chi connectivity index (χ2n) is 6.58. The fourth-order valence-corrected chi connectivity index (χ4v) is 3.20. The van der Waals surface area contributed by atoms with Gasteiger partial charge in [-0.2, -0.15) is 0 Å². The van der Waals surface area contributed by atoms with Gasteiger partial charge in [-0.15, -0.1) is 12.4 Å². The van der Waals surface area contributed by atoms with E-state index in [2.05, 4.69) is 6.92 Å². The Bertz CT molecular complexity index is 526. The summed E-state index contributed by atoms with van der Waals surface area (Å²) in [5, 5.41) is 0. The molecule has 0 aromatic heterocycles. The van der Waals surface area contributed by atoms with Crippen LogP contribution in [0.25, 0.3) is 0 Å². The standard InChI is InChI=1S/C19H28FNO3.ClH/c1-3-11-23-18-6-4-5-17(21)19(22)24-13(2)16(18)12-14-7-9-15(20)10-8-14;/h7-10,13,16-18H,3-6,11-12,21H2,1-2H3;1H/t13-,16-,17-,18-;/m0./s1. The van der Waals surface area contributed by atoms with Gasteiger partial charge in [-0.25, -0.2) is 4.39 Å². The molecule has 0 saturated carbocycles. The third-order valence-electron chi connectivity index (χ3n) is 4.61. The van der Waals surface area contributed by atoms with Crippen molar-refractivity contribution in [3.63, 3.8) is 0 Å². The largest absolute Gasteiger partial charge is 0.461 e. The molecule has 0 unspecified atom stereocenters. The highest BCUT2D eigenvalue weighted by Crippen LogP contribution is 2.27. The van der Waals surface area contributed by atoms with Crippen LogP contribution in [0, 0.1) is 11.7 Å². The summed E-state index contributed by atoms with van der Waals surface area (Å²) in [6.07, 6.45) is 3.61. The molecule has 1 fully saturated rings. The van der Waals surface area contributed by atoms with Gasteiger partial charge in [0, 0.05) is 12.5 Å². The predicted molar refractivity (Wildman–Crippen MR) is 98.3 cm³/mol. The molecule has 1 aromatic rings. The summed E-state index contributed by atoms with van der Waals surface area (Å²) in [6, 6.07) is 5.90. The second kappa shape index (κ2) is 10.7. The molecule has 1 aliphatic heterocycles. The number of hydrogen-bond acceptors (Lipinski definition) is 4. The molecule has 0 amide bonds. The Kier molecular flexibility index (Phi) is 9.39. The lowest BCUT2D eigenvalue weighted by Crippen LogP contribution is -2.39. The number of rotatable bonds is 5. The molecule has 2 N–H and O–H groups in total. The molecular formula is C19H29ClFNO3. The van der Waals surface area contributed by atoms with Gasteiger partial charge in [-0.3, -0.25) is 4.79 Å². The monoisotopic (exact) mass is 373 g/mol. The molecule has 6 heteroatoms.